The van der Waals surface area contributed by atoms with Gasteiger partial charge in [-0.25, -0.2) is 0 Å². The molecule has 22 heavy (non-hydrogen) atoms. The maximum Gasteiger partial charge on any atom is 0.0971 e. The Hall–Kier alpha value is -1.72. The second kappa shape index (κ2) is 5.82. The third kappa shape index (κ3) is 2.78. The number of nitrogens with zero attached hydrogens (tertiary/aromatic N) is 4. The molecule has 5 nitrogen and oxygen atoms in total. The van der Waals surface area contributed by atoms with E-state index in [0.717, 1.165) is 30.0 Å². The van der Waals surface area contributed by atoms with E-state index in [1.165, 1.54) is 25.7 Å². The Bertz CT molecular complexity index is 611. The van der Waals surface area contributed by atoms with E-state index in [1.54, 1.807) is 4.80 Å². The van der Waals surface area contributed by atoms with Crippen molar-refractivity contribution in [2.24, 2.45) is 0 Å². The third-order valence-corrected chi connectivity index (χ3v) is 5.01. The highest BCUT2D eigenvalue weighted by molar-refractivity contribution is 5.28. The van der Waals surface area contributed by atoms with Crippen molar-refractivity contribution < 1.29 is 0 Å². The molecule has 4 rings (SSSR count). The van der Waals surface area contributed by atoms with Crippen LogP contribution in [0.25, 0.3) is 5.69 Å². The lowest BCUT2D eigenvalue weighted by atomic mass is 9.98. The maximum absolute atomic E-state index is 4.62. The molecule has 1 aromatic heterocycles. The minimum Gasteiger partial charge on any atom is -0.311 e. The van der Waals surface area contributed by atoms with Crippen molar-refractivity contribution in [1.29, 1.82) is 0 Å². The predicted molar refractivity (Wildman–Crippen MR) is 85.8 cm³/mol. The van der Waals surface area contributed by atoms with Gasteiger partial charge in [-0.05, 0) is 44.9 Å². The Morgan fingerprint density at radius 1 is 1.18 bits per heavy atom. The summed E-state index contributed by atoms with van der Waals surface area (Å²) < 4.78 is 0. The average Bonchev–Trinajstić information content (AvgIpc) is 3.14. The van der Waals surface area contributed by atoms with E-state index in [1.807, 2.05) is 36.5 Å². The average molecular weight is 297 g/mol. The molecule has 2 aliphatic rings. The first-order valence-corrected chi connectivity index (χ1v) is 8.21. The van der Waals surface area contributed by atoms with Crippen LogP contribution in [0.1, 0.15) is 31.4 Å². The second-order valence-electron chi connectivity index (χ2n) is 6.64. The van der Waals surface area contributed by atoms with E-state index in [9.17, 15) is 0 Å². The number of aromatic nitrogens is 3. The highest BCUT2D eigenvalue weighted by Gasteiger charge is 2.35. The van der Waals surface area contributed by atoms with Crippen molar-refractivity contribution >= 4 is 0 Å². The lowest BCUT2D eigenvalue weighted by Gasteiger charge is -2.35. The van der Waals surface area contributed by atoms with E-state index in [-0.39, 0.29) is 0 Å². The van der Waals surface area contributed by atoms with Gasteiger partial charge in [-0.15, -0.1) is 0 Å². The molecule has 3 heterocycles. The zero-order valence-corrected chi connectivity index (χ0v) is 13.0. The topological polar surface area (TPSA) is 46.0 Å². The first-order valence-electron chi connectivity index (χ1n) is 8.21. The number of nitrogens with one attached hydrogen (secondary N) is 1. The van der Waals surface area contributed by atoms with Crippen LogP contribution < -0.4 is 5.32 Å². The molecule has 2 atom stereocenters. The van der Waals surface area contributed by atoms with E-state index >= 15 is 0 Å². The van der Waals surface area contributed by atoms with E-state index in [2.05, 4.69) is 27.5 Å². The summed E-state index contributed by atoms with van der Waals surface area (Å²) in [4.78, 5) is 4.17. The summed E-state index contributed by atoms with van der Waals surface area (Å²) in [5.41, 5.74) is 2.05. The van der Waals surface area contributed by atoms with Crippen LogP contribution in [0.15, 0.2) is 36.5 Å². The minimum absolute atomic E-state index is 0.667. The normalized spacial score (nSPS) is 27.5. The van der Waals surface area contributed by atoms with Crippen LogP contribution >= 0.6 is 0 Å². The molecule has 5 heteroatoms. The summed E-state index contributed by atoms with van der Waals surface area (Å²) in [6.45, 7) is 0.872. The van der Waals surface area contributed by atoms with Gasteiger partial charge in [-0.3, -0.25) is 4.90 Å². The van der Waals surface area contributed by atoms with Crippen molar-refractivity contribution in [3.8, 4) is 5.69 Å². The number of para-hydroxylation sites is 1. The van der Waals surface area contributed by atoms with Crippen LogP contribution in [-0.2, 0) is 6.54 Å². The standard InChI is InChI=1S/C17H23N5/c1-21(17-9-13-7-8-14(10-17)19-13)12-15-11-18-22(20-15)16-5-3-2-4-6-16/h2-6,11,13-14,17,19H,7-10,12H2,1H3. The smallest absolute Gasteiger partial charge is 0.0971 e. The summed E-state index contributed by atoms with van der Waals surface area (Å²) in [6.07, 6.45) is 7.11. The number of fused-ring (bicyclic) bond motifs is 2. The molecule has 1 N–H and O–H groups in total. The largest absolute Gasteiger partial charge is 0.311 e. The van der Waals surface area contributed by atoms with Gasteiger partial charge in [-0.2, -0.15) is 15.0 Å². The SMILES string of the molecule is CN(Cc1cnn(-c2ccccc2)n1)C1CC2CCC(C1)N2. The van der Waals surface area contributed by atoms with Crippen LogP contribution in [-0.4, -0.2) is 45.1 Å². The molecular weight excluding hydrogens is 274 g/mol. The first kappa shape index (κ1) is 13.9. The van der Waals surface area contributed by atoms with Gasteiger partial charge in [0, 0.05) is 24.7 Å². The molecule has 0 saturated carbocycles. The molecule has 2 fully saturated rings. The van der Waals surface area contributed by atoms with Gasteiger partial charge < -0.3 is 5.32 Å². The number of piperidine rings is 1. The Morgan fingerprint density at radius 2 is 1.91 bits per heavy atom. The van der Waals surface area contributed by atoms with Crippen LogP contribution in [0.3, 0.4) is 0 Å². The number of rotatable bonds is 4. The minimum atomic E-state index is 0.667. The summed E-state index contributed by atoms with van der Waals surface area (Å²) >= 11 is 0. The van der Waals surface area contributed by atoms with Gasteiger partial charge in [0.25, 0.3) is 0 Å². The Balaban J connectivity index is 1.42. The first-order chi connectivity index (χ1) is 10.8. The number of hydrogen-bond acceptors (Lipinski definition) is 4. The van der Waals surface area contributed by atoms with Crippen molar-refractivity contribution in [2.45, 2.75) is 50.4 Å². The highest BCUT2D eigenvalue weighted by atomic mass is 15.5. The molecule has 2 aliphatic heterocycles. The number of benzene rings is 1. The molecule has 2 aromatic rings. The molecule has 1 aromatic carbocycles. The molecule has 2 unspecified atom stereocenters. The molecular formula is C17H23N5. The molecule has 0 aliphatic carbocycles. The summed E-state index contributed by atoms with van der Waals surface area (Å²) in [5, 5.41) is 12.7. The zero-order valence-electron chi connectivity index (χ0n) is 13.0. The number of hydrogen-bond donors (Lipinski definition) is 1. The Morgan fingerprint density at radius 3 is 2.64 bits per heavy atom. The molecule has 2 bridgehead atoms. The molecule has 0 radical (unpaired) electrons. The van der Waals surface area contributed by atoms with Gasteiger partial charge in [0.2, 0.25) is 0 Å². The fourth-order valence-electron chi connectivity index (χ4n) is 3.82. The van der Waals surface area contributed by atoms with E-state index in [0.29, 0.717) is 6.04 Å². The van der Waals surface area contributed by atoms with Gasteiger partial charge in [0.15, 0.2) is 0 Å². The van der Waals surface area contributed by atoms with Gasteiger partial charge in [0.05, 0.1) is 17.6 Å². The van der Waals surface area contributed by atoms with Gasteiger partial charge in [-0.1, -0.05) is 18.2 Å². The fourth-order valence-corrected chi connectivity index (χ4v) is 3.82. The van der Waals surface area contributed by atoms with Gasteiger partial charge >= 0.3 is 0 Å². The summed E-state index contributed by atoms with van der Waals surface area (Å²) in [6, 6.07) is 12.2. The zero-order chi connectivity index (χ0) is 14.9. The lowest BCUT2D eigenvalue weighted by Crippen LogP contribution is -2.46. The van der Waals surface area contributed by atoms with Crippen molar-refractivity contribution in [2.75, 3.05) is 7.05 Å². The molecule has 0 spiro atoms. The van der Waals surface area contributed by atoms with Crippen LogP contribution in [0.4, 0.5) is 0 Å². The monoisotopic (exact) mass is 297 g/mol. The molecule has 116 valence electrons. The van der Waals surface area contributed by atoms with Crippen LogP contribution in [0, 0.1) is 0 Å². The maximum atomic E-state index is 4.62. The van der Waals surface area contributed by atoms with Crippen LogP contribution in [0.5, 0.6) is 0 Å². The molecule has 2 saturated heterocycles. The second-order valence-corrected chi connectivity index (χ2v) is 6.64. The van der Waals surface area contributed by atoms with Crippen molar-refractivity contribution in [3.05, 3.63) is 42.2 Å². The lowest BCUT2D eigenvalue weighted by molar-refractivity contribution is 0.164. The van der Waals surface area contributed by atoms with E-state index in [4.69, 9.17) is 0 Å². The summed E-state index contributed by atoms with van der Waals surface area (Å²) in [5.74, 6) is 0. The third-order valence-electron chi connectivity index (χ3n) is 5.01. The quantitative estimate of drug-likeness (QED) is 0.937. The van der Waals surface area contributed by atoms with Crippen LogP contribution in [0.2, 0.25) is 0 Å². The van der Waals surface area contributed by atoms with Crippen molar-refractivity contribution in [1.82, 2.24) is 25.2 Å². The summed E-state index contributed by atoms with van der Waals surface area (Å²) in [7, 11) is 2.22. The Kier molecular flexibility index (Phi) is 3.68. The fraction of sp³-hybridized carbons (Fsp3) is 0.529. The Labute approximate surface area is 131 Å². The van der Waals surface area contributed by atoms with Crippen molar-refractivity contribution in [3.63, 3.8) is 0 Å². The van der Waals surface area contributed by atoms with E-state index < -0.39 is 0 Å². The van der Waals surface area contributed by atoms with Gasteiger partial charge in [0.1, 0.15) is 0 Å². The predicted octanol–water partition coefficient (Wildman–Crippen LogP) is 1.98. The highest BCUT2D eigenvalue weighted by Crippen LogP contribution is 2.29. The molecule has 0 amide bonds.